The molecule has 130 valence electrons. The number of nitrogens with one attached hydrogen (secondary N) is 1. The third-order valence-electron chi connectivity index (χ3n) is 3.72. The number of carbonyl (C=O) groups is 1. The molecule has 2 heterocycles. The van der Waals surface area contributed by atoms with E-state index >= 15 is 0 Å². The number of methoxy groups -OCH3 is 1. The zero-order chi connectivity index (χ0) is 18.0. The van der Waals surface area contributed by atoms with Crippen molar-refractivity contribution in [2.24, 2.45) is 7.05 Å². The maximum absolute atomic E-state index is 12.7. The molecule has 0 bridgehead atoms. The zero-order valence-electron chi connectivity index (χ0n) is 13.5. The molecule has 1 aromatic carbocycles. The molecule has 2 aromatic heterocycles. The van der Waals surface area contributed by atoms with Gasteiger partial charge in [-0.1, -0.05) is 35.3 Å². The number of ether oxygens (including phenoxy) is 1. The summed E-state index contributed by atoms with van der Waals surface area (Å²) in [5, 5.41) is 2.98. The largest absolute Gasteiger partial charge is 0.497 e. The molecular formula is C17H15Cl2N3O2S. The topological polar surface area (TPSA) is 56.1 Å². The molecule has 1 N–H and O–H groups in total. The van der Waals surface area contributed by atoms with Gasteiger partial charge in [0.15, 0.2) is 0 Å². The number of benzene rings is 1. The smallest absolute Gasteiger partial charge is 0.254 e. The standard InChI is InChI=1S/C17H15Cl2N3O2S/c1-22-7-6-20-16(22)14(10-4-3-5-11(8-10)24-2)21-17(23)12-9-13(18)25-15(12)19/h3-9,14H,1-2H3,(H,21,23). The molecule has 1 amide bonds. The molecule has 0 aliphatic rings. The van der Waals surface area contributed by atoms with E-state index < -0.39 is 6.04 Å². The second-order valence-corrected chi connectivity index (χ2v) is 7.60. The third-order valence-corrected chi connectivity index (χ3v) is 5.21. The average Bonchev–Trinajstić information content (AvgIpc) is 3.17. The first-order valence-electron chi connectivity index (χ1n) is 7.36. The van der Waals surface area contributed by atoms with Crippen LogP contribution in [0.4, 0.5) is 0 Å². The lowest BCUT2D eigenvalue weighted by Gasteiger charge is -2.19. The number of amides is 1. The summed E-state index contributed by atoms with van der Waals surface area (Å²) in [6, 6.07) is 8.58. The van der Waals surface area contributed by atoms with Crippen molar-refractivity contribution >= 4 is 40.4 Å². The Morgan fingerprint density at radius 3 is 2.76 bits per heavy atom. The number of imidazole rings is 1. The molecule has 5 nitrogen and oxygen atoms in total. The van der Waals surface area contributed by atoms with E-state index in [2.05, 4.69) is 10.3 Å². The second kappa shape index (κ2) is 7.47. The lowest BCUT2D eigenvalue weighted by molar-refractivity contribution is 0.0941. The van der Waals surface area contributed by atoms with Crippen LogP contribution in [-0.4, -0.2) is 22.6 Å². The van der Waals surface area contributed by atoms with E-state index in [1.165, 1.54) is 0 Å². The highest BCUT2D eigenvalue weighted by molar-refractivity contribution is 7.20. The summed E-state index contributed by atoms with van der Waals surface area (Å²) in [5.74, 6) is 1.07. The van der Waals surface area contributed by atoms with Crippen molar-refractivity contribution in [1.29, 1.82) is 0 Å². The van der Waals surface area contributed by atoms with Gasteiger partial charge in [-0.15, -0.1) is 11.3 Å². The maximum atomic E-state index is 12.7. The fourth-order valence-electron chi connectivity index (χ4n) is 2.48. The van der Waals surface area contributed by atoms with Crippen LogP contribution in [0.3, 0.4) is 0 Å². The van der Waals surface area contributed by atoms with Crippen molar-refractivity contribution in [3.8, 4) is 5.75 Å². The number of halogens is 2. The molecule has 0 spiro atoms. The molecule has 1 unspecified atom stereocenters. The van der Waals surface area contributed by atoms with Gasteiger partial charge in [0, 0.05) is 19.4 Å². The van der Waals surface area contributed by atoms with Gasteiger partial charge in [0.1, 0.15) is 22.0 Å². The summed E-state index contributed by atoms with van der Waals surface area (Å²) >= 11 is 13.2. The van der Waals surface area contributed by atoms with E-state index in [9.17, 15) is 4.79 Å². The summed E-state index contributed by atoms with van der Waals surface area (Å²) < 4.78 is 7.96. The van der Waals surface area contributed by atoms with Crippen LogP contribution in [0.15, 0.2) is 42.7 Å². The molecule has 25 heavy (non-hydrogen) atoms. The predicted octanol–water partition coefficient (Wildman–Crippen LogP) is 4.32. The normalized spacial score (nSPS) is 12.0. The molecule has 1 atom stereocenters. The number of nitrogens with zero attached hydrogens (tertiary/aromatic N) is 2. The van der Waals surface area contributed by atoms with Crippen LogP contribution in [0.2, 0.25) is 8.67 Å². The Hall–Kier alpha value is -2.02. The van der Waals surface area contributed by atoms with Gasteiger partial charge in [0.25, 0.3) is 5.91 Å². The van der Waals surface area contributed by atoms with Gasteiger partial charge in [-0.25, -0.2) is 4.98 Å². The summed E-state index contributed by atoms with van der Waals surface area (Å²) in [5.41, 5.74) is 1.19. The molecule has 3 rings (SSSR count). The number of aryl methyl sites for hydroxylation is 1. The summed E-state index contributed by atoms with van der Waals surface area (Å²) in [7, 11) is 3.47. The average molecular weight is 396 g/mol. The zero-order valence-corrected chi connectivity index (χ0v) is 15.8. The maximum Gasteiger partial charge on any atom is 0.254 e. The minimum Gasteiger partial charge on any atom is -0.497 e. The first kappa shape index (κ1) is 17.8. The number of carbonyl (C=O) groups excluding carboxylic acids is 1. The third kappa shape index (κ3) is 3.81. The Morgan fingerprint density at radius 2 is 2.16 bits per heavy atom. The summed E-state index contributed by atoms with van der Waals surface area (Å²) in [6.45, 7) is 0. The van der Waals surface area contributed by atoms with Crippen LogP contribution in [0.5, 0.6) is 5.75 Å². The number of rotatable bonds is 5. The van der Waals surface area contributed by atoms with Crippen molar-refractivity contribution in [3.05, 3.63) is 68.3 Å². The van der Waals surface area contributed by atoms with E-state index in [0.717, 1.165) is 16.9 Å². The van der Waals surface area contributed by atoms with Crippen LogP contribution in [0.25, 0.3) is 0 Å². The molecule has 0 aliphatic heterocycles. The lowest BCUT2D eigenvalue weighted by Crippen LogP contribution is -2.31. The van der Waals surface area contributed by atoms with Crippen LogP contribution >= 0.6 is 34.5 Å². The van der Waals surface area contributed by atoms with Crippen LogP contribution < -0.4 is 10.1 Å². The monoisotopic (exact) mass is 395 g/mol. The van der Waals surface area contributed by atoms with Crippen molar-refractivity contribution < 1.29 is 9.53 Å². The van der Waals surface area contributed by atoms with Gasteiger partial charge in [-0.2, -0.15) is 0 Å². The number of hydrogen-bond acceptors (Lipinski definition) is 4. The van der Waals surface area contributed by atoms with E-state index in [4.69, 9.17) is 27.9 Å². The van der Waals surface area contributed by atoms with E-state index in [1.807, 2.05) is 42.1 Å². The molecule has 0 saturated carbocycles. The Morgan fingerprint density at radius 1 is 1.36 bits per heavy atom. The molecule has 0 radical (unpaired) electrons. The fraction of sp³-hybridized carbons (Fsp3) is 0.176. The quantitative estimate of drug-likeness (QED) is 0.699. The first-order chi connectivity index (χ1) is 12.0. The lowest BCUT2D eigenvalue weighted by atomic mass is 10.1. The molecular weight excluding hydrogens is 381 g/mol. The van der Waals surface area contributed by atoms with Crippen molar-refractivity contribution in [3.63, 3.8) is 0 Å². The Kier molecular flexibility index (Phi) is 5.32. The molecule has 3 aromatic rings. The highest BCUT2D eigenvalue weighted by atomic mass is 35.5. The number of aromatic nitrogens is 2. The predicted molar refractivity (Wildman–Crippen MR) is 99.9 cm³/mol. The highest BCUT2D eigenvalue weighted by Crippen LogP contribution is 2.32. The van der Waals surface area contributed by atoms with E-state index in [1.54, 1.807) is 19.4 Å². The molecule has 0 saturated heterocycles. The van der Waals surface area contributed by atoms with Crippen molar-refractivity contribution in [2.75, 3.05) is 7.11 Å². The van der Waals surface area contributed by atoms with Crippen LogP contribution in [0.1, 0.15) is 27.8 Å². The van der Waals surface area contributed by atoms with Gasteiger partial charge in [0.05, 0.1) is 17.0 Å². The SMILES string of the molecule is COc1cccc(C(NC(=O)c2cc(Cl)sc2Cl)c2nccn2C)c1. The van der Waals surface area contributed by atoms with Gasteiger partial charge in [-0.3, -0.25) is 4.79 Å². The molecule has 8 heteroatoms. The van der Waals surface area contributed by atoms with Gasteiger partial charge in [-0.05, 0) is 23.8 Å². The molecule has 0 aliphatic carbocycles. The van der Waals surface area contributed by atoms with Gasteiger partial charge in [0.2, 0.25) is 0 Å². The Bertz CT molecular complexity index is 907. The number of hydrogen-bond donors (Lipinski definition) is 1. The van der Waals surface area contributed by atoms with Crippen molar-refractivity contribution in [1.82, 2.24) is 14.9 Å². The van der Waals surface area contributed by atoms with Crippen LogP contribution in [0, 0.1) is 0 Å². The minimum absolute atomic E-state index is 0.316. The number of thiophene rings is 1. The summed E-state index contributed by atoms with van der Waals surface area (Å²) in [4.78, 5) is 17.1. The first-order valence-corrected chi connectivity index (χ1v) is 8.93. The van der Waals surface area contributed by atoms with Crippen molar-refractivity contribution in [2.45, 2.75) is 6.04 Å². The van der Waals surface area contributed by atoms with E-state index in [-0.39, 0.29) is 5.91 Å². The summed E-state index contributed by atoms with van der Waals surface area (Å²) in [6.07, 6.45) is 3.51. The second-order valence-electron chi connectivity index (χ2n) is 5.32. The van der Waals surface area contributed by atoms with Gasteiger partial charge >= 0.3 is 0 Å². The minimum atomic E-state index is -0.461. The van der Waals surface area contributed by atoms with Gasteiger partial charge < -0.3 is 14.6 Å². The highest BCUT2D eigenvalue weighted by Gasteiger charge is 2.24. The Labute approximate surface area is 159 Å². The Balaban J connectivity index is 1.98. The fourth-order valence-corrected chi connectivity index (χ4v) is 3.94. The van der Waals surface area contributed by atoms with E-state index in [0.29, 0.717) is 25.8 Å². The molecule has 0 fully saturated rings. The van der Waals surface area contributed by atoms with Crippen LogP contribution in [-0.2, 0) is 7.05 Å².